The number of anilines is 2. The summed E-state index contributed by atoms with van der Waals surface area (Å²) in [5, 5.41) is 5.64. The minimum atomic E-state index is -0.402. The Labute approximate surface area is 144 Å². The van der Waals surface area contributed by atoms with Crippen molar-refractivity contribution in [3.63, 3.8) is 0 Å². The van der Waals surface area contributed by atoms with E-state index >= 15 is 0 Å². The van der Waals surface area contributed by atoms with E-state index in [2.05, 4.69) is 25.6 Å². The number of halogens is 1. The lowest BCUT2D eigenvalue weighted by molar-refractivity contribution is 0.0945. The summed E-state index contributed by atoms with van der Waals surface area (Å²) in [6.45, 7) is 2.01. The molecule has 7 heteroatoms. The van der Waals surface area contributed by atoms with Crippen molar-refractivity contribution in [1.29, 1.82) is 0 Å². The summed E-state index contributed by atoms with van der Waals surface area (Å²) >= 11 is 0. The smallest absolute Gasteiger partial charge is 0.270 e. The van der Waals surface area contributed by atoms with Gasteiger partial charge in [0, 0.05) is 25.0 Å². The number of amides is 1. The first-order valence-electron chi connectivity index (χ1n) is 7.66. The van der Waals surface area contributed by atoms with E-state index in [0.717, 1.165) is 5.56 Å². The maximum absolute atomic E-state index is 13.8. The van der Waals surface area contributed by atoms with Gasteiger partial charge in [0.1, 0.15) is 23.2 Å². The molecule has 0 aliphatic carbocycles. The largest absolute Gasteiger partial charge is 0.347 e. The van der Waals surface area contributed by atoms with Gasteiger partial charge < -0.3 is 10.6 Å². The molecule has 0 atom stereocenters. The number of benzene rings is 1. The van der Waals surface area contributed by atoms with E-state index < -0.39 is 5.82 Å². The normalized spacial score (nSPS) is 10.3. The standard InChI is InChI=1S/C18H16FN5O/c1-12-22-16(18(25)21-11-13-5-4-8-20-10-13)9-17(23-12)24-15-7-3-2-6-14(15)19/h2-10H,11H2,1H3,(H,21,25)(H,22,23,24). The molecular formula is C18H16FN5O. The fraction of sp³-hybridized carbons (Fsp3) is 0.111. The molecule has 3 aromatic rings. The molecule has 2 heterocycles. The third-order valence-corrected chi connectivity index (χ3v) is 3.38. The van der Waals surface area contributed by atoms with Crippen LogP contribution in [0.5, 0.6) is 0 Å². The maximum Gasteiger partial charge on any atom is 0.270 e. The molecule has 6 nitrogen and oxygen atoms in total. The van der Waals surface area contributed by atoms with Gasteiger partial charge in [-0.2, -0.15) is 0 Å². The number of rotatable bonds is 5. The van der Waals surface area contributed by atoms with E-state index in [1.54, 1.807) is 43.6 Å². The molecule has 0 saturated carbocycles. The highest BCUT2D eigenvalue weighted by molar-refractivity contribution is 5.93. The van der Waals surface area contributed by atoms with Crippen molar-refractivity contribution in [2.24, 2.45) is 0 Å². The zero-order chi connectivity index (χ0) is 17.6. The SMILES string of the molecule is Cc1nc(Nc2ccccc2F)cc(C(=O)NCc2cccnc2)n1. The van der Waals surface area contributed by atoms with Crippen molar-refractivity contribution in [3.05, 3.63) is 77.8 Å². The topological polar surface area (TPSA) is 79.8 Å². The molecule has 0 radical (unpaired) electrons. The second kappa shape index (κ2) is 7.48. The number of aryl methyl sites for hydroxylation is 1. The van der Waals surface area contributed by atoms with Crippen LogP contribution in [0.1, 0.15) is 21.9 Å². The van der Waals surface area contributed by atoms with Crippen molar-refractivity contribution in [1.82, 2.24) is 20.3 Å². The van der Waals surface area contributed by atoms with Crippen LogP contribution in [0.15, 0.2) is 54.9 Å². The van der Waals surface area contributed by atoms with Gasteiger partial charge in [0.25, 0.3) is 5.91 Å². The lowest BCUT2D eigenvalue weighted by atomic mass is 10.2. The summed E-state index contributed by atoms with van der Waals surface area (Å²) < 4.78 is 13.8. The zero-order valence-corrected chi connectivity index (χ0v) is 13.5. The van der Waals surface area contributed by atoms with Gasteiger partial charge in [-0.1, -0.05) is 18.2 Å². The van der Waals surface area contributed by atoms with E-state index in [-0.39, 0.29) is 17.3 Å². The molecule has 3 rings (SSSR count). The third kappa shape index (κ3) is 4.35. The number of carbonyl (C=O) groups excluding carboxylic acids is 1. The number of hydrogen-bond acceptors (Lipinski definition) is 5. The zero-order valence-electron chi connectivity index (χ0n) is 13.5. The van der Waals surface area contributed by atoms with Crippen LogP contribution < -0.4 is 10.6 Å². The maximum atomic E-state index is 13.8. The molecule has 0 unspecified atom stereocenters. The average molecular weight is 337 g/mol. The Morgan fingerprint density at radius 1 is 1.16 bits per heavy atom. The monoisotopic (exact) mass is 337 g/mol. The van der Waals surface area contributed by atoms with Gasteiger partial charge in [-0.05, 0) is 30.7 Å². The second-order valence-electron chi connectivity index (χ2n) is 5.33. The van der Waals surface area contributed by atoms with Gasteiger partial charge in [-0.25, -0.2) is 14.4 Å². The molecule has 0 spiro atoms. The van der Waals surface area contributed by atoms with E-state index in [1.807, 2.05) is 6.07 Å². The van der Waals surface area contributed by atoms with Crippen molar-refractivity contribution < 1.29 is 9.18 Å². The third-order valence-electron chi connectivity index (χ3n) is 3.38. The minimum Gasteiger partial charge on any atom is -0.347 e. The van der Waals surface area contributed by atoms with Gasteiger partial charge in [0.2, 0.25) is 0 Å². The van der Waals surface area contributed by atoms with Crippen LogP contribution in [0.4, 0.5) is 15.9 Å². The summed E-state index contributed by atoms with van der Waals surface area (Å²) in [4.78, 5) is 24.6. The summed E-state index contributed by atoms with van der Waals surface area (Å²) in [7, 11) is 0. The Balaban J connectivity index is 1.74. The van der Waals surface area contributed by atoms with E-state index in [9.17, 15) is 9.18 Å². The van der Waals surface area contributed by atoms with E-state index in [4.69, 9.17) is 0 Å². The molecule has 2 N–H and O–H groups in total. The summed E-state index contributed by atoms with van der Waals surface area (Å²) in [6.07, 6.45) is 3.34. The van der Waals surface area contributed by atoms with Gasteiger partial charge in [0.05, 0.1) is 5.69 Å². The van der Waals surface area contributed by atoms with Crippen LogP contribution in [0, 0.1) is 12.7 Å². The van der Waals surface area contributed by atoms with Crippen molar-refractivity contribution >= 4 is 17.4 Å². The highest BCUT2D eigenvalue weighted by Crippen LogP contribution is 2.18. The number of para-hydroxylation sites is 1. The first kappa shape index (κ1) is 16.5. The van der Waals surface area contributed by atoms with Gasteiger partial charge in [-0.3, -0.25) is 9.78 Å². The number of hydrogen-bond donors (Lipinski definition) is 2. The van der Waals surface area contributed by atoms with Gasteiger partial charge in [0.15, 0.2) is 0 Å². The number of nitrogens with zero attached hydrogens (tertiary/aromatic N) is 3. The van der Waals surface area contributed by atoms with Crippen LogP contribution in [0.25, 0.3) is 0 Å². The molecule has 1 amide bonds. The Kier molecular flexibility index (Phi) is 4.94. The lowest BCUT2D eigenvalue weighted by Crippen LogP contribution is -2.24. The fourth-order valence-corrected chi connectivity index (χ4v) is 2.22. The van der Waals surface area contributed by atoms with Crippen LogP contribution in [-0.4, -0.2) is 20.9 Å². The number of aromatic nitrogens is 3. The van der Waals surface area contributed by atoms with Gasteiger partial charge >= 0.3 is 0 Å². The molecule has 0 saturated heterocycles. The summed E-state index contributed by atoms with van der Waals surface area (Å²) in [6, 6.07) is 11.4. The number of pyridine rings is 1. The lowest BCUT2D eigenvalue weighted by Gasteiger charge is -2.10. The number of carbonyl (C=O) groups is 1. The summed E-state index contributed by atoms with van der Waals surface area (Å²) in [5.74, 6) is 0.0178. The van der Waals surface area contributed by atoms with Gasteiger partial charge in [-0.15, -0.1) is 0 Å². The molecule has 0 fully saturated rings. The van der Waals surface area contributed by atoms with Crippen LogP contribution >= 0.6 is 0 Å². The van der Waals surface area contributed by atoms with Crippen molar-refractivity contribution in [2.75, 3.05) is 5.32 Å². The molecule has 2 aromatic heterocycles. The molecule has 1 aromatic carbocycles. The Bertz CT molecular complexity index is 886. The first-order valence-corrected chi connectivity index (χ1v) is 7.66. The quantitative estimate of drug-likeness (QED) is 0.748. The van der Waals surface area contributed by atoms with Crippen molar-refractivity contribution in [2.45, 2.75) is 13.5 Å². The average Bonchev–Trinajstić information content (AvgIpc) is 2.62. The van der Waals surface area contributed by atoms with Crippen LogP contribution in [-0.2, 0) is 6.54 Å². The van der Waals surface area contributed by atoms with Crippen LogP contribution in [0.3, 0.4) is 0 Å². The van der Waals surface area contributed by atoms with Crippen molar-refractivity contribution in [3.8, 4) is 0 Å². The molecule has 0 aliphatic heterocycles. The second-order valence-corrected chi connectivity index (χ2v) is 5.33. The van der Waals surface area contributed by atoms with Crippen LogP contribution in [0.2, 0.25) is 0 Å². The first-order chi connectivity index (χ1) is 12.1. The summed E-state index contributed by atoms with van der Waals surface area (Å²) in [5.41, 5.74) is 1.36. The molecule has 0 bridgehead atoms. The Hall–Kier alpha value is -3.35. The number of nitrogens with one attached hydrogen (secondary N) is 2. The van der Waals surface area contributed by atoms with E-state index in [0.29, 0.717) is 18.2 Å². The molecule has 126 valence electrons. The highest BCUT2D eigenvalue weighted by atomic mass is 19.1. The Morgan fingerprint density at radius 2 is 2.00 bits per heavy atom. The fourth-order valence-electron chi connectivity index (χ4n) is 2.22. The Morgan fingerprint density at radius 3 is 2.76 bits per heavy atom. The van der Waals surface area contributed by atoms with E-state index in [1.165, 1.54) is 12.1 Å². The predicted molar refractivity (Wildman–Crippen MR) is 91.9 cm³/mol. The molecular weight excluding hydrogens is 321 g/mol. The highest BCUT2D eigenvalue weighted by Gasteiger charge is 2.11. The molecule has 25 heavy (non-hydrogen) atoms. The molecule has 0 aliphatic rings. The minimum absolute atomic E-state index is 0.204. The predicted octanol–water partition coefficient (Wildman–Crippen LogP) is 2.99.